The van der Waals surface area contributed by atoms with Gasteiger partial charge < -0.3 is 10.5 Å². The van der Waals surface area contributed by atoms with E-state index in [2.05, 4.69) is 10.5 Å². The molecule has 0 amide bonds. The fraction of sp³-hybridized carbons (Fsp3) is 0.0588. The first kappa shape index (κ1) is 13.9. The van der Waals surface area contributed by atoms with Crippen LogP contribution in [0.4, 0.5) is 0 Å². The number of aromatic hydroxyl groups is 1. The molecule has 0 radical (unpaired) electrons. The third-order valence-corrected chi connectivity index (χ3v) is 3.33. The summed E-state index contributed by atoms with van der Waals surface area (Å²) in [7, 11) is 0. The average molecular weight is 293 g/mol. The maximum atomic E-state index is 12.2. The lowest BCUT2D eigenvalue weighted by atomic mass is 10.2. The molecule has 0 saturated carbocycles. The number of phenolic OH excluding ortho intramolecular Hbond substituents is 1. The highest BCUT2D eigenvalue weighted by molar-refractivity contribution is 5.93. The lowest BCUT2D eigenvalue weighted by Crippen LogP contribution is -2.23. The van der Waals surface area contributed by atoms with Gasteiger partial charge in [0.05, 0.1) is 11.7 Å². The van der Waals surface area contributed by atoms with Crippen LogP contribution < -0.4 is 5.43 Å². The summed E-state index contributed by atoms with van der Waals surface area (Å²) in [5.74, 6) is 0.0476. The first-order valence-corrected chi connectivity index (χ1v) is 6.89. The van der Waals surface area contributed by atoms with Crippen LogP contribution in [0.5, 0.6) is 5.75 Å². The Morgan fingerprint density at radius 1 is 1.14 bits per heavy atom. The third-order valence-electron chi connectivity index (χ3n) is 3.33. The highest BCUT2D eigenvalue weighted by Crippen LogP contribution is 2.14. The smallest absolute Gasteiger partial charge is 0.252 e. The zero-order chi connectivity index (χ0) is 15.4. The van der Waals surface area contributed by atoms with Crippen molar-refractivity contribution < 1.29 is 9.90 Å². The van der Waals surface area contributed by atoms with E-state index in [0.29, 0.717) is 5.56 Å². The summed E-state index contributed by atoms with van der Waals surface area (Å²) >= 11 is 0. The van der Waals surface area contributed by atoms with Crippen molar-refractivity contribution in [2.45, 2.75) is 0 Å². The molecule has 0 atom stereocenters. The maximum absolute atomic E-state index is 12.2. The van der Waals surface area contributed by atoms with Gasteiger partial charge in [0.25, 0.3) is 5.91 Å². The Labute approximate surface area is 127 Å². The number of rotatable bonds is 4. The quantitative estimate of drug-likeness (QED) is 0.574. The highest BCUT2D eigenvalue weighted by atomic mass is 16.3. The van der Waals surface area contributed by atoms with E-state index in [-0.39, 0.29) is 18.2 Å². The topological polar surface area (TPSA) is 66.6 Å². The molecule has 0 spiro atoms. The number of fused-ring (bicyclic) bond motifs is 1. The number of carbonyl (C=O) groups excluding carboxylic acids is 1. The number of nitrogens with one attached hydrogen (secondary N) is 1. The number of hydrogen-bond donors (Lipinski definition) is 2. The lowest BCUT2D eigenvalue weighted by Gasteiger charge is -2.04. The van der Waals surface area contributed by atoms with Gasteiger partial charge in [-0.3, -0.25) is 9.36 Å². The minimum absolute atomic E-state index is 0.0722. The number of aromatic nitrogens is 1. The maximum Gasteiger partial charge on any atom is 0.252 e. The van der Waals surface area contributed by atoms with Gasteiger partial charge in [0.1, 0.15) is 12.3 Å². The van der Waals surface area contributed by atoms with Gasteiger partial charge in [-0.2, -0.15) is 5.10 Å². The number of nitrogens with zero attached hydrogens (tertiary/aromatic N) is 2. The number of carbonyl (C=O) groups is 1. The van der Waals surface area contributed by atoms with Crippen LogP contribution in [0.3, 0.4) is 0 Å². The Morgan fingerprint density at radius 3 is 2.77 bits per heavy atom. The van der Waals surface area contributed by atoms with E-state index in [4.69, 9.17) is 0 Å². The number of phenols is 1. The van der Waals surface area contributed by atoms with Gasteiger partial charge in [-0.25, -0.2) is 0 Å². The number of benzene rings is 2. The molecule has 0 aliphatic carbocycles. The predicted octanol–water partition coefficient (Wildman–Crippen LogP) is 2.61. The zero-order valence-electron chi connectivity index (χ0n) is 11.8. The summed E-state index contributed by atoms with van der Waals surface area (Å²) in [5, 5.41) is 14.6. The van der Waals surface area contributed by atoms with Crippen molar-refractivity contribution in [1.29, 1.82) is 0 Å². The molecule has 3 aromatic rings. The van der Waals surface area contributed by atoms with Crippen LogP contribution >= 0.6 is 0 Å². The van der Waals surface area contributed by atoms with Gasteiger partial charge in [-0.05, 0) is 24.3 Å². The molecule has 2 aromatic carbocycles. The van der Waals surface area contributed by atoms with Crippen LogP contribution in [0.1, 0.15) is 10.4 Å². The molecule has 0 bridgehead atoms. The van der Waals surface area contributed by atoms with Crippen molar-refractivity contribution in [2.24, 2.45) is 5.10 Å². The van der Waals surface area contributed by atoms with E-state index in [1.807, 2.05) is 30.3 Å². The summed E-state index contributed by atoms with van der Waals surface area (Å²) in [4.78, 5) is 12.2. The first-order valence-electron chi connectivity index (χ1n) is 6.89. The van der Waals surface area contributed by atoms with Crippen LogP contribution in [0.25, 0.3) is 10.9 Å². The number of hydrogen-bond acceptors (Lipinski definition) is 4. The summed E-state index contributed by atoms with van der Waals surface area (Å²) in [6, 6.07) is 16.5. The van der Waals surface area contributed by atoms with Crippen molar-refractivity contribution in [3.05, 3.63) is 66.4 Å². The van der Waals surface area contributed by atoms with Gasteiger partial charge in [-0.15, -0.1) is 0 Å². The molecule has 5 nitrogen and oxygen atoms in total. The molecule has 2 N–H and O–H groups in total. The molecule has 0 unspecified atom stereocenters. The Bertz CT molecular complexity index is 837. The molecule has 22 heavy (non-hydrogen) atoms. The molecule has 0 saturated heterocycles. The van der Waals surface area contributed by atoms with Crippen LogP contribution in [0.15, 0.2) is 65.9 Å². The molecule has 0 aliphatic rings. The fourth-order valence-corrected chi connectivity index (χ4v) is 2.21. The molecule has 1 heterocycles. The van der Waals surface area contributed by atoms with Crippen molar-refractivity contribution in [1.82, 2.24) is 9.99 Å². The fourth-order valence-electron chi connectivity index (χ4n) is 2.21. The molecule has 3 rings (SSSR count). The Kier molecular flexibility index (Phi) is 3.87. The summed E-state index contributed by atoms with van der Waals surface area (Å²) in [5.41, 5.74) is 4.17. The Hall–Kier alpha value is -3.08. The van der Waals surface area contributed by atoms with E-state index in [0.717, 1.165) is 10.9 Å². The largest absolute Gasteiger partial charge is 0.507 e. The minimum Gasteiger partial charge on any atom is -0.507 e. The van der Waals surface area contributed by atoms with Crippen LogP contribution in [0.2, 0.25) is 0 Å². The van der Waals surface area contributed by atoms with E-state index >= 15 is 0 Å². The van der Waals surface area contributed by atoms with E-state index in [1.54, 1.807) is 35.0 Å². The van der Waals surface area contributed by atoms with Crippen molar-refractivity contribution in [3.8, 4) is 5.75 Å². The van der Waals surface area contributed by atoms with Crippen molar-refractivity contribution in [3.63, 3.8) is 0 Å². The summed E-state index contributed by atoms with van der Waals surface area (Å²) < 4.78 is 1.60. The molecular weight excluding hydrogens is 278 g/mol. The van der Waals surface area contributed by atoms with Crippen LogP contribution in [-0.4, -0.2) is 28.3 Å². The second-order valence-corrected chi connectivity index (χ2v) is 4.79. The van der Waals surface area contributed by atoms with Gasteiger partial charge >= 0.3 is 0 Å². The van der Waals surface area contributed by atoms with E-state index in [1.165, 1.54) is 6.21 Å². The first-order chi connectivity index (χ1) is 10.8. The van der Waals surface area contributed by atoms with Gasteiger partial charge in [-0.1, -0.05) is 30.3 Å². The minimum atomic E-state index is -0.101. The van der Waals surface area contributed by atoms with E-state index in [9.17, 15) is 9.90 Å². The van der Waals surface area contributed by atoms with Gasteiger partial charge in [0.15, 0.2) is 0 Å². The van der Waals surface area contributed by atoms with Crippen molar-refractivity contribution >= 4 is 23.0 Å². The van der Waals surface area contributed by atoms with Crippen LogP contribution in [0, 0.1) is 0 Å². The Balaban J connectivity index is 1.64. The molecule has 5 heteroatoms. The monoisotopic (exact) mass is 293 g/mol. The summed E-state index contributed by atoms with van der Waals surface area (Å²) in [6.07, 6.45) is 3.23. The molecular formula is C17H15N3O2. The standard InChI is InChI=1S/C17H15N3O2/c21-16-8-4-2-6-14(16)11-18-19-12-17(22)20-10-9-13-5-1-3-7-15(13)20/h1-11,19,21H,12H2/b18-11+. The lowest BCUT2D eigenvalue weighted by molar-refractivity contribution is 0.0918. The molecule has 0 fully saturated rings. The third kappa shape index (κ3) is 2.83. The molecule has 0 aliphatic heterocycles. The second-order valence-electron chi connectivity index (χ2n) is 4.79. The zero-order valence-corrected chi connectivity index (χ0v) is 11.8. The number of hydrazone groups is 1. The normalized spacial score (nSPS) is 11.1. The highest BCUT2D eigenvalue weighted by Gasteiger charge is 2.07. The van der Waals surface area contributed by atoms with Crippen molar-refractivity contribution in [2.75, 3.05) is 6.54 Å². The van der Waals surface area contributed by atoms with Crippen LogP contribution in [-0.2, 0) is 0 Å². The molecule has 110 valence electrons. The Morgan fingerprint density at radius 2 is 1.91 bits per heavy atom. The second kappa shape index (κ2) is 6.13. The van der Waals surface area contributed by atoms with Gasteiger partial charge in [0, 0.05) is 17.1 Å². The predicted molar refractivity (Wildman–Crippen MR) is 86.3 cm³/mol. The SMILES string of the molecule is O=C(CN/N=C/c1ccccc1O)n1ccc2ccccc21. The average Bonchev–Trinajstić information content (AvgIpc) is 2.97. The van der Waals surface area contributed by atoms with E-state index < -0.39 is 0 Å². The number of para-hydroxylation sites is 2. The van der Waals surface area contributed by atoms with Gasteiger partial charge in [0.2, 0.25) is 0 Å². The summed E-state index contributed by atoms with van der Waals surface area (Å²) in [6.45, 7) is 0.0722. The molecule has 1 aromatic heterocycles.